The van der Waals surface area contributed by atoms with E-state index in [1.54, 1.807) is 0 Å². The highest BCUT2D eigenvalue weighted by Gasteiger charge is 2.04. The smallest absolute Gasteiger partial charge is 0.208 e. The standard InChI is InChI=1S/C13H20F2N4O2S.HI/c1-3-16-13(17-6-7-19-22(2,20)21)18-9-10-8-11(14)4-5-12(10)15;/h4-5,8,19H,3,6-7,9H2,1-2H3,(H2,16,17,18);1H. The van der Waals surface area contributed by atoms with Gasteiger partial charge in [0.1, 0.15) is 11.6 Å². The van der Waals surface area contributed by atoms with Gasteiger partial charge in [0.2, 0.25) is 10.0 Å². The Morgan fingerprint density at radius 2 is 1.91 bits per heavy atom. The molecule has 0 radical (unpaired) electrons. The number of rotatable bonds is 7. The van der Waals surface area contributed by atoms with Crippen LogP contribution in [0.3, 0.4) is 0 Å². The van der Waals surface area contributed by atoms with Crippen LogP contribution in [0.25, 0.3) is 0 Å². The second-order valence-corrected chi connectivity index (χ2v) is 6.36. The van der Waals surface area contributed by atoms with E-state index in [-0.39, 0.29) is 42.6 Å². The number of benzene rings is 1. The van der Waals surface area contributed by atoms with E-state index in [1.807, 2.05) is 6.92 Å². The highest BCUT2D eigenvalue weighted by Crippen LogP contribution is 2.10. The summed E-state index contributed by atoms with van der Waals surface area (Å²) in [5, 5.41) is 5.82. The molecule has 1 rings (SSSR count). The number of halogens is 3. The first-order valence-electron chi connectivity index (χ1n) is 6.72. The molecule has 132 valence electrons. The second-order valence-electron chi connectivity index (χ2n) is 4.52. The van der Waals surface area contributed by atoms with Gasteiger partial charge in [-0.15, -0.1) is 24.0 Å². The van der Waals surface area contributed by atoms with Gasteiger partial charge < -0.3 is 10.6 Å². The Bertz CT molecular complexity index is 626. The van der Waals surface area contributed by atoms with Gasteiger partial charge in [-0.3, -0.25) is 0 Å². The summed E-state index contributed by atoms with van der Waals surface area (Å²) in [6, 6.07) is 3.19. The number of hydrogen-bond acceptors (Lipinski definition) is 3. The Balaban J connectivity index is 0.00000484. The minimum atomic E-state index is -3.24. The van der Waals surface area contributed by atoms with Crippen LogP contribution in [0.4, 0.5) is 8.78 Å². The highest BCUT2D eigenvalue weighted by molar-refractivity contribution is 14.0. The molecule has 0 bridgehead atoms. The molecule has 0 aliphatic carbocycles. The van der Waals surface area contributed by atoms with Crippen molar-refractivity contribution in [1.29, 1.82) is 0 Å². The zero-order valence-corrected chi connectivity index (χ0v) is 16.0. The largest absolute Gasteiger partial charge is 0.357 e. The van der Waals surface area contributed by atoms with Crippen LogP contribution in [-0.2, 0) is 16.6 Å². The lowest BCUT2D eigenvalue weighted by Crippen LogP contribution is -2.41. The van der Waals surface area contributed by atoms with Crippen molar-refractivity contribution in [2.24, 2.45) is 4.99 Å². The molecule has 0 saturated carbocycles. The molecule has 6 nitrogen and oxygen atoms in total. The van der Waals surface area contributed by atoms with E-state index in [4.69, 9.17) is 0 Å². The maximum Gasteiger partial charge on any atom is 0.208 e. The normalized spacial score (nSPS) is 11.7. The molecule has 0 heterocycles. The third-order valence-corrected chi connectivity index (χ3v) is 3.27. The average Bonchev–Trinajstić information content (AvgIpc) is 2.43. The van der Waals surface area contributed by atoms with E-state index < -0.39 is 21.7 Å². The lowest BCUT2D eigenvalue weighted by molar-refractivity contribution is 0.584. The Hall–Kier alpha value is -1.01. The van der Waals surface area contributed by atoms with Gasteiger partial charge in [0.25, 0.3) is 0 Å². The molecule has 0 unspecified atom stereocenters. The Labute approximate surface area is 152 Å². The van der Waals surface area contributed by atoms with Crippen LogP contribution in [0.1, 0.15) is 12.5 Å². The maximum absolute atomic E-state index is 13.5. The van der Waals surface area contributed by atoms with Crippen LogP contribution in [0.2, 0.25) is 0 Å². The van der Waals surface area contributed by atoms with Gasteiger partial charge in [-0.05, 0) is 25.1 Å². The molecule has 0 aromatic heterocycles. The zero-order chi connectivity index (χ0) is 16.6. The third-order valence-electron chi connectivity index (χ3n) is 2.54. The molecule has 0 saturated heterocycles. The Kier molecular flexibility index (Phi) is 10.2. The molecule has 0 aliphatic rings. The van der Waals surface area contributed by atoms with Gasteiger partial charge in [0.05, 0.1) is 12.8 Å². The van der Waals surface area contributed by atoms with Crippen molar-refractivity contribution in [3.63, 3.8) is 0 Å². The fraction of sp³-hybridized carbons (Fsp3) is 0.462. The average molecular weight is 462 g/mol. The van der Waals surface area contributed by atoms with Crippen molar-refractivity contribution in [1.82, 2.24) is 15.4 Å². The molecule has 0 fully saturated rings. The quantitative estimate of drug-likeness (QED) is 0.246. The number of sulfonamides is 1. The predicted octanol–water partition coefficient (Wildman–Crippen LogP) is 1.19. The molecule has 1 aromatic rings. The van der Waals surface area contributed by atoms with E-state index in [9.17, 15) is 17.2 Å². The van der Waals surface area contributed by atoms with Gasteiger partial charge in [-0.25, -0.2) is 26.9 Å². The highest BCUT2D eigenvalue weighted by atomic mass is 127. The van der Waals surface area contributed by atoms with Crippen LogP contribution >= 0.6 is 24.0 Å². The van der Waals surface area contributed by atoms with E-state index in [0.717, 1.165) is 24.5 Å². The summed E-state index contributed by atoms with van der Waals surface area (Å²) >= 11 is 0. The molecule has 1 aromatic carbocycles. The van der Waals surface area contributed by atoms with Crippen molar-refractivity contribution in [2.75, 3.05) is 25.9 Å². The van der Waals surface area contributed by atoms with E-state index in [2.05, 4.69) is 20.3 Å². The summed E-state index contributed by atoms with van der Waals surface area (Å²) in [5.74, 6) is -0.664. The first kappa shape index (κ1) is 22.0. The maximum atomic E-state index is 13.5. The van der Waals surface area contributed by atoms with Gasteiger partial charge in [0.15, 0.2) is 5.96 Å². The fourth-order valence-electron chi connectivity index (χ4n) is 1.59. The second kappa shape index (κ2) is 10.7. The molecule has 23 heavy (non-hydrogen) atoms. The minimum absolute atomic E-state index is 0. The first-order chi connectivity index (χ1) is 10.3. The van der Waals surface area contributed by atoms with Crippen molar-refractivity contribution in [3.8, 4) is 0 Å². The molecule has 0 atom stereocenters. The Morgan fingerprint density at radius 3 is 2.52 bits per heavy atom. The predicted molar refractivity (Wildman–Crippen MR) is 97.4 cm³/mol. The summed E-state index contributed by atoms with van der Waals surface area (Å²) in [7, 11) is -3.24. The van der Waals surface area contributed by atoms with Crippen LogP contribution in [-0.4, -0.2) is 40.3 Å². The van der Waals surface area contributed by atoms with E-state index in [1.165, 1.54) is 0 Å². The van der Waals surface area contributed by atoms with Crippen LogP contribution in [0.5, 0.6) is 0 Å². The molecule has 0 spiro atoms. The third kappa shape index (κ3) is 9.66. The number of nitrogens with zero attached hydrogens (tertiary/aromatic N) is 1. The lowest BCUT2D eigenvalue weighted by Gasteiger charge is -2.11. The van der Waals surface area contributed by atoms with Crippen molar-refractivity contribution in [2.45, 2.75) is 13.5 Å². The summed E-state index contributed by atoms with van der Waals surface area (Å²) in [4.78, 5) is 4.13. The minimum Gasteiger partial charge on any atom is -0.357 e. The lowest BCUT2D eigenvalue weighted by atomic mass is 10.2. The number of hydrogen-bond donors (Lipinski definition) is 3. The number of aliphatic imine (C=N–C) groups is 1. The van der Waals surface area contributed by atoms with Gasteiger partial charge in [0, 0.05) is 25.2 Å². The van der Waals surface area contributed by atoms with E-state index in [0.29, 0.717) is 19.0 Å². The molecule has 0 aliphatic heterocycles. The van der Waals surface area contributed by atoms with Crippen molar-refractivity contribution >= 4 is 40.0 Å². The van der Waals surface area contributed by atoms with Crippen LogP contribution in [0, 0.1) is 11.6 Å². The first-order valence-corrected chi connectivity index (χ1v) is 8.61. The number of nitrogens with one attached hydrogen (secondary N) is 3. The summed E-state index contributed by atoms with van der Waals surface area (Å²) in [6.45, 7) is 2.91. The zero-order valence-electron chi connectivity index (χ0n) is 12.9. The molecule has 3 N–H and O–H groups in total. The van der Waals surface area contributed by atoms with Crippen molar-refractivity contribution < 1.29 is 17.2 Å². The molecular formula is C13H21F2IN4O2S. The molecule has 10 heteroatoms. The summed E-state index contributed by atoms with van der Waals surface area (Å²) < 4.78 is 50.7. The topological polar surface area (TPSA) is 82.6 Å². The van der Waals surface area contributed by atoms with Gasteiger partial charge >= 0.3 is 0 Å². The molecular weight excluding hydrogens is 441 g/mol. The summed E-state index contributed by atoms with van der Waals surface area (Å²) in [5.41, 5.74) is 0.145. The number of guanidine groups is 1. The SMILES string of the molecule is CCNC(=NCc1cc(F)ccc1F)NCCNS(C)(=O)=O.I. The summed E-state index contributed by atoms with van der Waals surface area (Å²) in [6.07, 6.45) is 1.07. The van der Waals surface area contributed by atoms with Gasteiger partial charge in [-0.1, -0.05) is 0 Å². The fourth-order valence-corrected chi connectivity index (χ4v) is 2.06. The van der Waals surface area contributed by atoms with E-state index >= 15 is 0 Å². The van der Waals surface area contributed by atoms with Crippen LogP contribution in [0.15, 0.2) is 23.2 Å². The monoisotopic (exact) mass is 462 g/mol. The Morgan fingerprint density at radius 1 is 1.22 bits per heavy atom. The van der Waals surface area contributed by atoms with Gasteiger partial charge in [-0.2, -0.15) is 0 Å². The molecule has 0 amide bonds. The van der Waals surface area contributed by atoms with Crippen LogP contribution < -0.4 is 15.4 Å². The van der Waals surface area contributed by atoms with Crippen molar-refractivity contribution in [3.05, 3.63) is 35.4 Å².